The van der Waals surface area contributed by atoms with Gasteiger partial charge in [-0.15, -0.1) is 0 Å². The van der Waals surface area contributed by atoms with E-state index >= 15 is 0 Å². The maximum Gasteiger partial charge on any atom is 0.341 e. The summed E-state index contributed by atoms with van der Waals surface area (Å²) in [5.41, 5.74) is 4.86. The van der Waals surface area contributed by atoms with Crippen LogP contribution in [0, 0.1) is 17.4 Å². The molecule has 0 saturated heterocycles. The van der Waals surface area contributed by atoms with Gasteiger partial charge in [0.15, 0.2) is 0 Å². The minimum absolute atomic E-state index is 0.335. The molecule has 0 aliphatic rings. The first-order valence-electron chi connectivity index (χ1n) is 8.03. The number of nitrogens with one attached hydrogen (secondary N) is 1. The van der Waals surface area contributed by atoms with E-state index in [4.69, 9.17) is 4.74 Å². The second-order valence-electron chi connectivity index (χ2n) is 5.90. The van der Waals surface area contributed by atoms with Crippen molar-refractivity contribution in [3.05, 3.63) is 68.9 Å². The van der Waals surface area contributed by atoms with Gasteiger partial charge in [-0.05, 0) is 54.1 Å². The molecule has 0 amide bonds. The molecule has 0 atom stereocenters. The van der Waals surface area contributed by atoms with Crippen molar-refractivity contribution in [3.8, 4) is 11.3 Å². The first kappa shape index (κ1) is 18.3. The molecule has 0 spiro atoms. The van der Waals surface area contributed by atoms with E-state index < -0.39 is 5.97 Å². The smallest absolute Gasteiger partial charge is 0.341 e. The van der Waals surface area contributed by atoms with Crippen molar-refractivity contribution in [3.63, 3.8) is 0 Å². The highest BCUT2D eigenvalue weighted by Gasteiger charge is 2.17. The fourth-order valence-corrected chi connectivity index (χ4v) is 2.97. The normalized spacial score (nSPS) is 10.5. The summed E-state index contributed by atoms with van der Waals surface area (Å²) in [7, 11) is 1.35. The fourth-order valence-electron chi connectivity index (χ4n) is 2.48. The Kier molecular flexibility index (Phi) is 5.51. The fraction of sp³-hybridized carbons (Fsp3) is 0.150. The number of hydrogen-bond acceptors (Lipinski definition) is 5. The van der Waals surface area contributed by atoms with Crippen LogP contribution in [0.25, 0.3) is 11.3 Å². The summed E-state index contributed by atoms with van der Waals surface area (Å²) in [4.78, 5) is 21.0. The Hall–Kier alpha value is -2.48. The second-order valence-corrected chi connectivity index (χ2v) is 7.14. The second kappa shape index (κ2) is 7.82. The zero-order valence-electron chi connectivity index (χ0n) is 14.7. The molecule has 0 fully saturated rings. The van der Waals surface area contributed by atoms with Crippen molar-refractivity contribution in [2.45, 2.75) is 13.8 Å². The molecule has 0 bridgehead atoms. The quantitative estimate of drug-likeness (QED) is 0.445. The van der Waals surface area contributed by atoms with Gasteiger partial charge in [-0.25, -0.2) is 14.8 Å². The summed E-state index contributed by atoms with van der Waals surface area (Å²) in [5.74, 6) is -0.0316. The molecule has 3 aromatic rings. The van der Waals surface area contributed by atoms with Crippen LogP contribution >= 0.6 is 22.6 Å². The number of benzene rings is 2. The first-order chi connectivity index (χ1) is 12.5. The molecule has 0 radical (unpaired) electrons. The lowest BCUT2D eigenvalue weighted by atomic mass is 10.1. The Labute approximate surface area is 166 Å². The summed E-state index contributed by atoms with van der Waals surface area (Å²) in [6.07, 6.45) is 1.50. The van der Waals surface area contributed by atoms with Crippen LogP contribution in [0.4, 0.5) is 11.6 Å². The number of anilines is 2. The molecular formula is C20H18IN3O2. The number of halogens is 1. The van der Waals surface area contributed by atoms with Crippen LogP contribution in [0.2, 0.25) is 0 Å². The van der Waals surface area contributed by atoms with Gasteiger partial charge in [-0.3, -0.25) is 0 Å². The number of ether oxygens (including phenoxy) is 1. The van der Waals surface area contributed by atoms with E-state index in [9.17, 15) is 4.79 Å². The summed E-state index contributed by atoms with van der Waals surface area (Å²) >= 11 is 2.26. The van der Waals surface area contributed by atoms with Crippen LogP contribution < -0.4 is 5.32 Å². The van der Waals surface area contributed by atoms with Crippen LogP contribution in [0.1, 0.15) is 21.5 Å². The monoisotopic (exact) mass is 459 g/mol. The molecule has 0 unspecified atom stereocenters. The molecular weight excluding hydrogens is 441 g/mol. The predicted octanol–water partition coefficient (Wildman–Crippen LogP) is 4.90. The van der Waals surface area contributed by atoms with Gasteiger partial charge < -0.3 is 10.1 Å². The molecule has 6 heteroatoms. The number of aromatic nitrogens is 2. The minimum atomic E-state index is -0.461. The van der Waals surface area contributed by atoms with Gasteiger partial charge in [-0.1, -0.05) is 35.9 Å². The van der Waals surface area contributed by atoms with E-state index in [1.165, 1.54) is 13.3 Å². The van der Waals surface area contributed by atoms with Gasteiger partial charge in [0.05, 0.1) is 12.8 Å². The van der Waals surface area contributed by atoms with Gasteiger partial charge in [0.1, 0.15) is 5.56 Å². The van der Waals surface area contributed by atoms with Crippen molar-refractivity contribution < 1.29 is 9.53 Å². The van der Waals surface area contributed by atoms with Crippen LogP contribution in [0.5, 0.6) is 0 Å². The number of carbonyl (C=O) groups excluding carboxylic acids is 1. The number of aryl methyl sites for hydroxylation is 2. The average molecular weight is 459 g/mol. The number of methoxy groups -OCH3 is 1. The van der Waals surface area contributed by atoms with E-state index in [0.717, 1.165) is 25.9 Å². The van der Waals surface area contributed by atoms with Gasteiger partial charge in [0, 0.05) is 21.0 Å². The standard InChI is InChI=1S/C20H18IN3O2/c1-12-4-7-14(8-5-12)18-16(19(25)26-3)11-22-20(24-18)23-17-10-15(21)9-6-13(17)2/h4-11H,1-3H3,(H,22,23,24). The predicted molar refractivity (Wildman–Crippen MR) is 111 cm³/mol. The van der Waals surface area contributed by atoms with Crippen molar-refractivity contribution in [1.82, 2.24) is 9.97 Å². The molecule has 1 aromatic heterocycles. The van der Waals surface area contributed by atoms with E-state index in [0.29, 0.717) is 17.2 Å². The summed E-state index contributed by atoms with van der Waals surface area (Å²) in [5, 5.41) is 3.24. The lowest BCUT2D eigenvalue weighted by molar-refractivity contribution is 0.0601. The Morgan fingerprint density at radius 2 is 1.85 bits per heavy atom. The summed E-state index contributed by atoms with van der Waals surface area (Å²) in [6, 6.07) is 13.9. The zero-order chi connectivity index (χ0) is 18.7. The zero-order valence-corrected chi connectivity index (χ0v) is 16.9. The third-order valence-corrected chi connectivity index (χ3v) is 4.64. The number of esters is 1. The third-order valence-electron chi connectivity index (χ3n) is 3.97. The van der Waals surface area contributed by atoms with Crippen LogP contribution in [-0.2, 0) is 4.74 Å². The largest absolute Gasteiger partial charge is 0.465 e. The van der Waals surface area contributed by atoms with E-state index in [-0.39, 0.29) is 0 Å². The van der Waals surface area contributed by atoms with Crippen molar-refractivity contribution in [2.75, 3.05) is 12.4 Å². The molecule has 3 rings (SSSR count). The van der Waals surface area contributed by atoms with Crippen LogP contribution in [0.3, 0.4) is 0 Å². The molecule has 0 saturated carbocycles. The van der Waals surface area contributed by atoms with Gasteiger partial charge in [-0.2, -0.15) is 0 Å². The molecule has 132 valence electrons. The van der Waals surface area contributed by atoms with Crippen LogP contribution in [-0.4, -0.2) is 23.0 Å². The number of rotatable bonds is 4. The van der Waals surface area contributed by atoms with Gasteiger partial charge in [0.25, 0.3) is 0 Å². The van der Waals surface area contributed by atoms with Crippen molar-refractivity contribution in [2.24, 2.45) is 0 Å². The maximum atomic E-state index is 12.1. The highest BCUT2D eigenvalue weighted by atomic mass is 127. The van der Waals surface area contributed by atoms with Gasteiger partial charge >= 0.3 is 5.97 Å². The molecule has 1 N–H and O–H groups in total. The Balaban J connectivity index is 2.05. The molecule has 1 heterocycles. The molecule has 5 nitrogen and oxygen atoms in total. The van der Waals surface area contributed by atoms with E-state index in [1.807, 2.05) is 56.3 Å². The highest BCUT2D eigenvalue weighted by Crippen LogP contribution is 2.26. The van der Waals surface area contributed by atoms with Crippen LogP contribution in [0.15, 0.2) is 48.7 Å². The van der Waals surface area contributed by atoms with Gasteiger partial charge in [0.2, 0.25) is 5.95 Å². The Morgan fingerprint density at radius 3 is 2.54 bits per heavy atom. The topological polar surface area (TPSA) is 64.1 Å². The summed E-state index contributed by atoms with van der Waals surface area (Å²) in [6.45, 7) is 4.03. The minimum Gasteiger partial charge on any atom is -0.465 e. The Morgan fingerprint density at radius 1 is 1.12 bits per heavy atom. The highest BCUT2D eigenvalue weighted by molar-refractivity contribution is 14.1. The average Bonchev–Trinajstić information content (AvgIpc) is 2.64. The Bertz CT molecular complexity index is 956. The molecule has 2 aromatic carbocycles. The maximum absolute atomic E-state index is 12.1. The molecule has 0 aliphatic heterocycles. The lowest BCUT2D eigenvalue weighted by Gasteiger charge is -2.12. The number of carbonyl (C=O) groups is 1. The summed E-state index contributed by atoms with van der Waals surface area (Å²) < 4.78 is 5.99. The van der Waals surface area contributed by atoms with Crippen molar-refractivity contribution >= 4 is 40.2 Å². The number of hydrogen-bond donors (Lipinski definition) is 1. The first-order valence-corrected chi connectivity index (χ1v) is 9.11. The SMILES string of the molecule is COC(=O)c1cnc(Nc2cc(I)ccc2C)nc1-c1ccc(C)cc1. The van der Waals surface area contributed by atoms with Crippen molar-refractivity contribution in [1.29, 1.82) is 0 Å². The molecule has 0 aliphatic carbocycles. The lowest BCUT2D eigenvalue weighted by Crippen LogP contribution is -2.08. The number of nitrogens with zero attached hydrogens (tertiary/aromatic N) is 2. The third kappa shape index (κ3) is 4.01. The van der Waals surface area contributed by atoms with E-state index in [2.05, 4.69) is 37.9 Å². The van der Waals surface area contributed by atoms with E-state index in [1.54, 1.807) is 0 Å². The molecule has 26 heavy (non-hydrogen) atoms.